The van der Waals surface area contributed by atoms with Crippen molar-refractivity contribution in [1.29, 1.82) is 0 Å². The molecule has 0 aromatic carbocycles. The number of allylic oxidation sites excluding steroid dienone is 4. The first-order valence-corrected chi connectivity index (χ1v) is 11.5. The van der Waals surface area contributed by atoms with Gasteiger partial charge in [0.15, 0.2) is 0 Å². The van der Waals surface area contributed by atoms with Gasteiger partial charge in [-0.2, -0.15) is 0 Å². The molecule has 0 saturated heterocycles. The molecule has 7 heteroatoms. The Bertz CT molecular complexity index is 747. The number of fused-ring (bicyclic) bond motifs is 8. The number of carboxylic acids is 2. The van der Waals surface area contributed by atoms with Crippen LogP contribution in [0.3, 0.4) is 0 Å². The molecule has 6 aliphatic carbocycles. The second-order valence-corrected chi connectivity index (χ2v) is 9.51. The van der Waals surface area contributed by atoms with Gasteiger partial charge in [-0.25, -0.2) is 0 Å². The van der Waals surface area contributed by atoms with Crippen LogP contribution in [0.1, 0.15) is 51.4 Å². The van der Waals surface area contributed by atoms with Crippen LogP contribution in [0.5, 0.6) is 0 Å². The lowest BCUT2D eigenvalue weighted by molar-refractivity contribution is -0.177. The number of hydrogen-bond donors (Lipinski definition) is 2. The largest absolute Gasteiger partial charge is 0.481 e. The average molecular weight is 430 g/mol. The van der Waals surface area contributed by atoms with Crippen molar-refractivity contribution in [2.45, 2.75) is 51.4 Å². The molecule has 0 aromatic rings. The van der Waals surface area contributed by atoms with E-state index < -0.39 is 47.5 Å². The molecule has 7 nitrogen and oxygen atoms in total. The van der Waals surface area contributed by atoms with Crippen LogP contribution in [0.2, 0.25) is 0 Å². The van der Waals surface area contributed by atoms with E-state index in [4.69, 9.17) is 4.74 Å². The van der Waals surface area contributed by atoms with Crippen LogP contribution >= 0.6 is 0 Å². The summed E-state index contributed by atoms with van der Waals surface area (Å²) in [7, 11) is 0. The second kappa shape index (κ2) is 8.97. The van der Waals surface area contributed by atoms with Crippen molar-refractivity contribution in [2.75, 3.05) is 0 Å². The molecule has 2 N–H and O–H groups in total. The van der Waals surface area contributed by atoms with Gasteiger partial charge in [-0.1, -0.05) is 50.0 Å². The fourth-order valence-electron chi connectivity index (χ4n) is 6.29. The first-order valence-electron chi connectivity index (χ1n) is 11.5. The zero-order valence-corrected chi connectivity index (χ0v) is 17.5. The van der Waals surface area contributed by atoms with Crippen LogP contribution in [-0.4, -0.2) is 34.1 Å². The van der Waals surface area contributed by atoms with Crippen molar-refractivity contribution in [3.63, 3.8) is 0 Å². The van der Waals surface area contributed by atoms with Gasteiger partial charge in [-0.05, 0) is 49.4 Å². The highest BCUT2D eigenvalue weighted by molar-refractivity contribution is 5.93. The Morgan fingerprint density at radius 2 is 0.839 bits per heavy atom. The standard InChI is InChI=1S/C24H30O7/c25-21(26)17-13-5-1-3-7-15(11-9-13)19(17)23(29)31-24(30)20-16-8-4-2-6-14(10-12-16)18(20)22(27)28/h9-20H,1-8H2,(H,25,26)(H,27,28). The molecule has 31 heavy (non-hydrogen) atoms. The Morgan fingerprint density at radius 3 is 1.13 bits per heavy atom. The van der Waals surface area contributed by atoms with Crippen molar-refractivity contribution >= 4 is 23.9 Å². The van der Waals surface area contributed by atoms with Gasteiger partial charge in [0.2, 0.25) is 0 Å². The summed E-state index contributed by atoms with van der Waals surface area (Å²) < 4.78 is 5.32. The minimum atomic E-state index is -1.05. The molecule has 0 spiro atoms. The molecule has 4 bridgehead atoms. The number of carbonyl (C=O) groups excluding carboxylic acids is 2. The van der Waals surface area contributed by atoms with Gasteiger partial charge in [-0.3, -0.25) is 19.2 Å². The van der Waals surface area contributed by atoms with Crippen molar-refractivity contribution < 1.29 is 34.1 Å². The van der Waals surface area contributed by atoms with Crippen LogP contribution in [0.25, 0.3) is 0 Å². The Kier molecular flexibility index (Phi) is 6.30. The van der Waals surface area contributed by atoms with Crippen LogP contribution in [0, 0.1) is 47.3 Å². The van der Waals surface area contributed by atoms with E-state index in [1.807, 2.05) is 24.3 Å². The zero-order valence-electron chi connectivity index (χ0n) is 17.5. The van der Waals surface area contributed by atoms with E-state index in [-0.39, 0.29) is 23.7 Å². The van der Waals surface area contributed by atoms with Crippen molar-refractivity contribution in [3.8, 4) is 0 Å². The third-order valence-corrected chi connectivity index (χ3v) is 7.80. The molecule has 6 aliphatic rings. The Balaban J connectivity index is 1.57. The SMILES string of the molecule is O=C(O)C1C2C=CC(CCCC2)C1C(=O)OC(=O)C1C2C=CC(CCCC2)C1C(=O)O. The maximum absolute atomic E-state index is 13.2. The molecule has 2 saturated carbocycles. The summed E-state index contributed by atoms with van der Waals surface area (Å²) in [6, 6.07) is 0. The minimum Gasteiger partial charge on any atom is -0.481 e. The van der Waals surface area contributed by atoms with E-state index in [9.17, 15) is 29.4 Å². The molecule has 2 fully saturated rings. The summed E-state index contributed by atoms with van der Waals surface area (Å²) in [4.78, 5) is 50.4. The molecular formula is C24H30O7. The second-order valence-electron chi connectivity index (χ2n) is 9.51. The summed E-state index contributed by atoms with van der Waals surface area (Å²) in [5.74, 6) is -8.46. The molecule has 0 amide bonds. The maximum atomic E-state index is 13.2. The number of esters is 2. The number of hydrogen-bond acceptors (Lipinski definition) is 5. The molecule has 0 aliphatic heterocycles. The number of carboxylic acid groups (broad SMARTS) is 2. The molecule has 0 radical (unpaired) electrons. The summed E-state index contributed by atoms with van der Waals surface area (Å²) in [6.45, 7) is 0. The van der Waals surface area contributed by atoms with Crippen LogP contribution in [0.4, 0.5) is 0 Å². The Labute approximate surface area is 181 Å². The highest BCUT2D eigenvalue weighted by Crippen LogP contribution is 2.45. The van der Waals surface area contributed by atoms with E-state index in [0.29, 0.717) is 25.7 Å². The van der Waals surface area contributed by atoms with Crippen molar-refractivity contribution in [3.05, 3.63) is 24.3 Å². The molecule has 6 rings (SSSR count). The number of carbonyl (C=O) groups is 4. The molecule has 168 valence electrons. The predicted octanol–water partition coefficient (Wildman–Crippen LogP) is 3.44. The smallest absolute Gasteiger partial charge is 0.318 e. The molecule has 8 unspecified atom stereocenters. The molecule has 0 aromatic heterocycles. The van der Waals surface area contributed by atoms with E-state index in [1.54, 1.807) is 0 Å². The van der Waals surface area contributed by atoms with Gasteiger partial charge in [0.25, 0.3) is 0 Å². The van der Waals surface area contributed by atoms with Crippen LogP contribution in [0.15, 0.2) is 24.3 Å². The van der Waals surface area contributed by atoms with Crippen molar-refractivity contribution in [1.82, 2.24) is 0 Å². The topological polar surface area (TPSA) is 118 Å². The lowest BCUT2D eigenvalue weighted by Crippen LogP contribution is -2.47. The Morgan fingerprint density at radius 1 is 0.548 bits per heavy atom. The van der Waals surface area contributed by atoms with E-state index in [2.05, 4.69) is 0 Å². The number of aliphatic carboxylic acids is 2. The van der Waals surface area contributed by atoms with Gasteiger partial charge in [0.1, 0.15) is 0 Å². The number of ether oxygens (including phenoxy) is 1. The zero-order chi connectivity index (χ0) is 22.1. The highest BCUT2D eigenvalue weighted by Gasteiger charge is 2.50. The van der Waals surface area contributed by atoms with Crippen molar-refractivity contribution in [2.24, 2.45) is 47.3 Å². The minimum absolute atomic E-state index is 0.256. The summed E-state index contributed by atoms with van der Waals surface area (Å²) in [5.41, 5.74) is 0. The third kappa shape index (κ3) is 4.19. The summed E-state index contributed by atoms with van der Waals surface area (Å²) >= 11 is 0. The van der Waals surface area contributed by atoms with Gasteiger partial charge in [-0.15, -0.1) is 0 Å². The van der Waals surface area contributed by atoms with E-state index >= 15 is 0 Å². The van der Waals surface area contributed by atoms with Crippen LogP contribution < -0.4 is 0 Å². The normalized spacial score (nSPS) is 39.1. The predicted molar refractivity (Wildman–Crippen MR) is 110 cm³/mol. The highest BCUT2D eigenvalue weighted by atomic mass is 16.6. The van der Waals surface area contributed by atoms with Gasteiger partial charge in [0, 0.05) is 0 Å². The quantitative estimate of drug-likeness (QED) is 0.398. The molecule has 0 heterocycles. The summed E-state index contributed by atoms with van der Waals surface area (Å²) in [5, 5.41) is 19.7. The van der Waals surface area contributed by atoms with Gasteiger partial charge >= 0.3 is 23.9 Å². The maximum Gasteiger partial charge on any atom is 0.318 e. The molecule has 8 atom stereocenters. The van der Waals surface area contributed by atoms with Crippen LogP contribution in [-0.2, 0) is 23.9 Å². The Hall–Kier alpha value is -2.44. The fourth-order valence-corrected chi connectivity index (χ4v) is 6.29. The fraction of sp³-hybridized carbons (Fsp3) is 0.667. The summed E-state index contributed by atoms with van der Waals surface area (Å²) in [6.07, 6.45) is 13.9. The molecular weight excluding hydrogens is 400 g/mol. The average Bonchev–Trinajstić information content (AvgIpc) is 2.66. The van der Waals surface area contributed by atoms with E-state index in [0.717, 1.165) is 25.7 Å². The first kappa shape index (κ1) is 21.8. The van der Waals surface area contributed by atoms with Gasteiger partial charge in [0.05, 0.1) is 23.7 Å². The lowest BCUT2D eigenvalue weighted by Gasteiger charge is -2.39. The number of rotatable bonds is 4. The first-order chi connectivity index (χ1) is 14.9. The van der Waals surface area contributed by atoms with E-state index in [1.165, 1.54) is 0 Å². The monoisotopic (exact) mass is 430 g/mol. The lowest BCUT2D eigenvalue weighted by atomic mass is 9.65. The third-order valence-electron chi connectivity index (χ3n) is 7.80. The van der Waals surface area contributed by atoms with Gasteiger partial charge < -0.3 is 14.9 Å².